The molecule has 0 aromatic heterocycles. The molecule has 0 bridgehead atoms. The number of amides is 1. The largest absolute Gasteiger partial charge is 0.466 e. The smallest absolute Gasteiger partial charge is 0.305 e. The Morgan fingerprint density at radius 3 is 1.06 bits per heavy atom. The second-order valence-corrected chi connectivity index (χ2v) is 20.7. The van der Waals surface area contributed by atoms with Gasteiger partial charge in [0.1, 0.15) is 0 Å². The number of hydrogen-bond acceptors (Lipinski definition) is 5. The zero-order chi connectivity index (χ0) is 48.6. The average Bonchev–Trinajstić information content (AvgIpc) is 3.33. The predicted octanol–water partition coefficient (Wildman–Crippen LogP) is 18.6. The first kappa shape index (κ1) is 65.3. The maximum absolute atomic E-state index is 12.4. The fourth-order valence-corrected chi connectivity index (χ4v) is 9.34. The summed E-state index contributed by atoms with van der Waals surface area (Å²) in [4.78, 5) is 24.5. The van der Waals surface area contributed by atoms with E-state index in [2.05, 4.69) is 43.5 Å². The lowest BCUT2D eigenvalue weighted by Gasteiger charge is -2.22. The van der Waals surface area contributed by atoms with E-state index in [0.717, 1.165) is 44.9 Å². The number of allylic oxidation sites excluding steroid dienone is 4. The molecule has 396 valence electrons. The van der Waals surface area contributed by atoms with Gasteiger partial charge in [0.05, 0.1) is 25.4 Å². The van der Waals surface area contributed by atoms with E-state index in [1.807, 2.05) is 0 Å². The van der Waals surface area contributed by atoms with E-state index < -0.39 is 12.1 Å². The summed E-state index contributed by atoms with van der Waals surface area (Å²) in [5.74, 6) is -0.0356. The van der Waals surface area contributed by atoms with Gasteiger partial charge in [-0.2, -0.15) is 0 Å². The molecular formula is C61H117NO5. The second kappa shape index (κ2) is 56.9. The summed E-state index contributed by atoms with van der Waals surface area (Å²) in [6.45, 7) is 4.94. The van der Waals surface area contributed by atoms with Gasteiger partial charge in [0.2, 0.25) is 5.91 Å². The minimum absolute atomic E-state index is 0.00679. The molecule has 0 fully saturated rings. The van der Waals surface area contributed by atoms with E-state index in [-0.39, 0.29) is 18.5 Å². The molecule has 67 heavy (non-hydrogen) atoms. The van der Waals surface area contributed by atoms with Crippen LogP contribution in [0.5, 0.6) is 0 Å². The zero-order valence-electron chi connectivity index (χ0n) is 45.1. The Bertz CT molecular complexity index is 1040. The van der Waals surface area contributed by atoms with Crippen LogP contribution in [0.25, 0.3) is 0 Å². The van der Waals surface area contributed by atoms with Crippen molar-refractivity contribution in [1.82, 2.24) is 5.32 Å². The Morgan fingerprint density at radius 1 is 0.403 bits per heavy atom. The van der Waals surface area contributed by atoms with E-state index >= 15 is 0 Å². The Morgan fingerprint density at radius 2 is 0.701 bits per heavy atom. The number of nitrogens with one attached hydrogen (secondary N) is 1. The van der Waals surface area contributed by atoms with Gasteiger partial charge >= 0.3 is 5.97 Å². The number of carbonyl (C=O) groups is 2. The summed E-state index contributed by atoms with van der Waals surface area (Å²) < 4.78 is 5.49. The monoisotopic (exact) mass is 944 g/mol. The highest BCUT2D eigenvalue weighted by Crippen LogP contribution is 2.17. The van der Waals surface area contributed by atoms with Gasteiger partial charge in [-0.3, -0.25) is 9.59 Å². The minimum Gasteiger partial charge on any atom is -0.466 e. The van der Waals surface area contributed by atoms with Gasteiger partial charge in [-0.15, -0.1) is 0 Å². The number of aliphatic hydroxyl groups is 2. The lowest BCUT2D eigenvalue weighted by atomic mass is 10.0. The minimum atomic E-state index is -0.667. The molecule has 0 radical (unpaired) electrons. The van der Waals surface area contributed by atoms with Crippen LogP contribution in [0.4, 0.5) is 0 Å². The summed E-state index contributed by atoms with van der Waals surface area (Å²) >= 11 is 0. The molecule has 0 aliphatic rings. The molecule has 6 nitrogen and oxygen atoms in total. The van der Waals surface area contributed by atoms with Crippen LogP contribution in [-0.4, -0.2) is 47.4 Å². The van der Waals surface area contributed by atoms with Gasteiger partial charge < -0.3 is 20.3 Å². The Balaban J connectivity index is 3.39. The molecule has 0 aliphatic heterocycles. The number of esters is 1. The molecule has 0 saturated heterocycles. The summed E-state index contributed by atoms with van der Waals surface area (Å²) in [7, 11) is 0. The fraction of sp³-hybridized carbons (Fsp3) is 0.902. The van der Waals surface area contributed by atoms with Crippen LogP contribution in [-0.2, 0) is 14.3 Å². The topological polar surface area (TPSA) is 95.9 Å². The number of hydrogen-bond donors (Lipinski definition) is 3. The lowest BCUT2D eigenvalue weighted by Crippen LogP contribution is -2.45. The lowest BCUT2D eigenvalue weighted by molar-refractivity contribution is -0.143. The molecule has 0 heterocycles. The van der Waals surface area contributed by atoms with Crippen molar-refractivity contribution in [3.63, 3.8) is 0 Å². The number of ether oxygens (including phenoxy) is 1. The molecule has 1 amide bonds. The quantitative estimate of drug-likeness (QED) is 0.0321. The number of carbonyl (C=O) groups excluding carboxylic acids is 2. The summed E-state index contributed by atoms with van der Waals surface area (Å²) in [5.41, 5.74) is 0. The van der Waals surface area contributed by atoms with Gasteiger partial charge in [-0.25, -0.2) is 0 Å². The van der Waals surface area contributed by atoms with Crippen LogP contribution >= 0.6 is 0 Å². The van der Waals surface area contributed by atoms with Crippen LogP contribution in [0.15, 0.2) is 24.3 Å². The third-order valence-electron chi connectivity index (χ3n) is 14.0. The van der Waals surface area contributed by atoms with Crippen molar-refractivity contribution in [3.05, 3.63) is 24.3 Å². The van der Waals surface area contributed by atoms with Crippen molar-refractivity contribution < 1.29 is 24.5 Å². The van der Waals surface area contributed by atoms with Crippen molar-refractivity contribution in [3.8, 4) is 0 Å². The van der Waals surface area contributed by atoms with Crippen molar-refractivity contribution in [2.45, 2.75) is 341 Å². The molecule has 0 spiro atoms. The Kier molecular flexibility index (Phi) is 55.5. The van der Waals surface area contributed by atoms with Gasteiger partial charge in [0, 0.05) is 12.8 Å². The van der Waals surface area contributed by atoms with Crippen molar-refractivity contribution in [2.75, 3.05) is 13.2 Å². The predicted molar refractivity (Wildman–Crippen MR) is 292 cm³/mol. The maximum Gasteiger partial charge on any atom is 0.305 e. The van der Waals surface area contributed by atoms with Gasteiger partial charge in [-0.1, -0.05) is 263 Å². The van der Waals surface area contributed by atoms with Gasteiger partial charge in [0.25, 0.3) is 0 Å². The first-order valence-corrected chi connectivity index (χ1v) is 30.1. The fourth-order valence-electron chi connectivity index (χ4n) is 9.34. The number of unbranched alkanes of at least 4 members (excludes halogenated alkanes) is 41. The van der Waals surface area contributed by atoms with Crippen molar-refractivity contribution >= 4 is 11.9 Å². The Labute approximate surface area is 418 Å². The van der Waals surface area contributed by atoms with E-state index in [9.17, 15) is 19.8 Å². The van der Waals surface area contributed by atoms with Gasteiger partial charge in [-0.05, 0) is 77.0 Å². The van der Waals surface area contributed by atoms with Crippen LogP contribution < -0.4 is 5.32 Å². The first-order valence-electron chi connectivity index (χ1n) is 30.1. The summed E-state index contributed by atoms with van der Waals surface area (Å²) in [6.07, 6.45) is 69.0. The van der Waals surface area contributed by atoms with Crippen LogP contribution in [0, 0.1) is 0 Å². The van der Waals surface area contributed by atoms with E-state index in [1.54, 1.807) is 0 Å². The first-order chi connectivity index (χ1) is 33.0. The van der Waals surface area contributed by atoms with Crippen molar-refractivity contribution in [1.29, 1.82) is 0 Å². The summed E-state index contributed by atoms with van der Waals surface area (Å²) in [6, 6.07) is -0.545. The highest BCUT2D eigenvalue weighted by atomic mass is 16.5. The van der Waals surface area contributed by atoms with E-state index in [4.69, 9.17) is 4.74 Å². The molecule has 0 aromatic carbocycles. The standard InChI is InChI=1S/C61H117NO5/c1-3-5-7-9-11-13-15-16-17-24-28-31-35-39-43-47-51-55-61(66)67-56-52-48-44-40-36-32-29-26-23-21-19-18-20-22-25-27-30-34-38-42-46-50-54-60(65)62-58(57-63)59(64)53-49-45-41-37-33-14-12-10-8-6-4-2/h16-17,20,22,58-59,63-64H,3-15,18-19,21,23-57H2,1-2H3,(H,62,65)/b17-16-,22-20-. The molecular weight excluding hydrogens is 827 g/mol. The highest BCUT2D eigenvalue weighted by molar-refractivity contribution is 5.76. The maximum atomic E-state index is 12.4. The van der Waals surface area contributed by atoms with E-state index in [0.29, 0.717) is 25.9 Å². The third-order valence-corrected chi connectivity index (χ3v) is 14.0. The van der Waals surface area contributed by atoms with Gasteiger partial charge in [0.15, 0.2) is 0 Å². The highest BCUT2D eigenvalue weighted by Gasteiger charge is 2.20. The number of rotatable bonds is 56. The zero-order valence-corrected chi connectivity index (χ0v) is 45.1. The Hall–Kier alpha value is -1.66. The van der Waals surface area contributed by atoms with Crippen LogP contribution in [0.3, 0.4) is 0 Å². The van der Waals surface area contributed by atoms with Crippen LogP contribution in [0.1, 0.15) is 328 Å². The SMILES string of the molecule is CCCCCCCC/C=C\CCCCCCCCCC(=O)OCCCCCCCCCCCCC/C=C\CCCCCCCCCC(=O)NC(CO)C(O)CCCCCCCCCCCCC. The third kappa shape index (κ3) is 53.5. The molecule has 2 atom stereocenters. The molecule has 0 saturated carbocycles. The van der Waals surface area contributed by atoms with E-state index in [1.165, 1.54) is 250 Å². The number of aliphatic hydroxyl groups excluding tert-OH is 2. The normalized spacial score (nSPS) is 12.7. The average molecular weight is 945 g/mol. The molecule has 3 N–H and O–H groups in total. The molecule has 0 rings (SSSR count). The van der Waals surface area contributed by atoms with Crippen molar-refractivity contribution in [2.24, 2.45) is 0 Å². The molecule has 6 heteroatoms. The van der Waals surface area contributed by atoms with Crippen LogP contribution in [0.2, 0.25) is 0 Å². The molecule has 0 aliphatic carbocycles. The summed E-state index contributed by atoms with van der Waals surface area (Å²) in [5, 5.41) is 23.2. The second-order valence-electron chi connectivity index (χ2n) is 20.7. The molecule has 0 aromatic rings. The molecule has 2 unspecified atom stereocenters.